The Bertz CT molecular complexity index is 342. The molecular weight excluding hydrogens is 256 g/mol. The fraction of sp³-hybridized carbons (Fsp3) is 0.750. The second kappa shape index (κ2) is 8.08. The van der Waals surface area contributed by atoms with Crippen molar-refractivity contribution in [2.45, 2.75) is 68.2 Å². The third-order valence-corrected chi connectivity index (χ3v) is 2.49. The van der Waals surface area contributed by atoms with E-state index in [1.165, 1.54) is 13.8 Å². The number of Topliss-reactive ketones (excluding diaryl/α,β-unsaturated/α-hetero) is 4. The molecule has 0 saturated heterocycles. The molecule has 0 aromatic rings. The first kappa shape index (κ1) is 21.0. The zero-order valence-corrected chi connectivity index (χ0v) is 14.0. The summed E-state index contributed by atoms with van der Waals surface area (Å²) in [7, 11) is 0. The Balaban J connectivity index is 0. The van der Waals surface area contributed by atoms with Gasteiger partial charge in [-0.05, 0) is 13.8 Å². The minimum Gasteiger partial charge on any atom is -0.300 e. The van der Waals surface area contributed by atoms with E-state index in [1.807, 2.05) is 41.5 Å². The molecule has 0 aliphatic carbocycles. The van der Waals surface area contributed by atoms with Crippen LogP contribution >= 0.6 is 0 Å². The van der Waals surface area contributed by atoms with Crippen LogP contribution in [0.3, 0.4) is 0 Å². The molecule has 0 aliphatic rings. The number of hydrogen-bond acceptors (Lipinski definition) is 4. The van der Waals surface area contributed by atoms with Crippen LogP contribution in [0.4, 0.5) is 0 Å². The molecule has 4 nitrogen and oxygen atoms in total. The Hall–Kier alpha value is -1.32. The monoisotopic (exact) mass is 284 g/mol. The van der Waals surface area contributed by atoms with Gasteiger partial charge in [0.2, 0.25) is 0 Å². The molecule has 0 bridgehead atoms. The van der Waals surface area contributed by atoms with Crippen molar-refractivity contribution in [3.05, 3.63) is 0 Å². The van der Waals surface area contributed by atoms with Crippen molar-refractivity contribution in [2.24, 2.45) is 10.8 Å². The number of carbonyl (C=O) groups excluding carboxylic acids is 4. The second-order valence-corrected chi connectivity index (χ2v) is 7.10. The fourth-order valence-corrected chi connectivity index (χ4v) is 1.03. The maximum absolute atomic E-state index is 11.5. The molecule has 0 spiro atoms. The molecule has 0 aliphatic heterocycles. The molecule has 0 saturated carbocycles. The first-order valence-electron chi connectivity index (χ1n) is 6.73. The lowest BCUT2D eigenvalue weighted by molar-refractivity contribution is -0.135. The summed E-state index contributed by atoms with van der Waals surface area (Å²) < 4.78 is 0. The highest BCUT2D eigenvalue weighted by atomic mass is 16.2. The van der Waals surface area contributed by atoms with Gasteiger partial charge in [-0.2, -0.15) is 0 Å². The van der Waals surface area contributed by atoms with Crippen molar-refractivity contribution in [3.8, 4) is 0 Å². The molecule has 116 valence electrons. The fourth-order valence-electron chi connectivity index (χ4n) is 1.03. The normalized spacial score (nSPS) is 11.2. The van der Waals surface area contributed by atoms with Crippen molar-refractivity contribution >= 4 is 23.1 Å². The van der Waals surface area contributed by atoms with Crippen molar-refractivity contribution in [1.29, 1.82) is 0 Å². The summed E-state index contributed by atoms with van der Waals surface area (Å²) in [6.07, 6.45) is 0.146. The average Bonchev–Trinajstić information content (AvgIpc) is 2.12. The van der Waals surface area contributed by atoms with E-state index in [2.05, 4.69) is 0 Å². The van der Waals surface area contributed by atoms with Crippen molar-refractivity contribution < 1.29 is 19.2 Å². The molecule has 0 N–H and O–H groups in total. The van der Waals surface area contributed by atoms with Crippen LogP contribution in [0.15, 0.2) is 0 Å². The summed E-state index contributed by atoms with van der Waals surface area (Å²) in [6.45, 7) is 13.8. The predicted octanol–water partition coefficient (Wildman–Crippen LogP) is 3.16. The molecule has 0 atom stereocenters. The van der Waals surface area contributed by atoms with Gasteiger partial charge in [-0.3, -0.25) is 19.2 Å². The molecule has 0 amide bonds. The summed E-state index contributed by atoms with van der Waals surface area (Å²) in [5.41, 5.74) is -0.804. The van der Waals surface area contributed by atoms with Gasteiger partial charge in [0.05, 0.1) is 12.8 Å². The lowest BCUT2D eigenvalue weighted by Gasteiger charge is -2.20. The number of carbonyl (C=O) groups is 4. The quantitative estimate of drug-likeness (QED) is 0.744. The average molecular weight is 284 g/mol. The highest BCUT2D eigenvalue weighted by molar-refractivity contribution is 6.03. The smallest absolute Gasteiger partial charge is 0.145 e. The molecule has 0 fully saturated rings. The Morgan fingerprint density at radius 2 is 0.850 bits per heavy atom. The van der Waals surface area contributed by atoms with E-state index in [4.69, 9.17) is 0 Å². The van der Waals surface area contributed by atoms with Gasteiger partial charge in [0.25, 0.3) is 0 Å². The molecule has 0 aromatic heterocycles. The Labute approximate surface area is 122 Å². The van der Waals surface area contributed by atoms with E-state index in [-0.39, 0.29) is 36.0 Å². The number of hydrogen-bond donors (Lipinski definition) is 0. The predicted molar refractivity (Wildman–Crippen MR) is 79.5 cm³/mol. The van der Waals surface area contributed by atoms with E-state index in [0.717, 1.165) is 0 Å². The molecule has 0 heterocycles. The van der Waals surface area contributed by atoms with Crippen LogP contribution in [0.25, 0.3) is 0 Å². The van der Waals surface area contributed by atoms with Crippen molar-refractivity contribution in [1.82, 2.24) is 0 Å². The minimum atomic E-state index is -0.402. The highest BCUT2D eigenvalue weighted by Crippen LogP contribution is 2.22. The maximum Gasteiger partial charge on any atom is 0.145 e. The summed E-state index contributed by atoms with van der Waals surface area (Å²) in [5, 5.41) is 0. The van der Waals surface area contributed by atoms with Gasteiger partial charge >= 0.3 is 0 Å². The second-order valence-electron chi connectivity index (χ2n) is 7.10. The SMILES string of the molecule is CC(=O)CC(C)=O.CC(C)(C)C(=O)CC(=O)C(C)(C)C. The molecular formula is C16H28O4. The highest BCUT2D eigenvalue weighted by Gasteiger charge is 2.28. The summed E-state index contributed by atoms with van der Waals surface area (Å²) in [5.74, 6) is -0.0835. The van der Waals surface area contributed by atoms with Crippen molar-refractivity contribution in [3.63, 3.8) is 0 Å². The first-order valence-corrected chi connectivity index (χ1v) is 6.73. The van der Waals surface area contributed by atoms with E-state index in [9.17, 15) is 19.2 Å². The summed E-state index contributed by atoms with van der Waals surface area (Å²) >= 11 is 0. The molecule has 0 rings (SSSR count). The zero-order chi connectivity index (χ0) is 16.7. The molecule has 0 unspecified atom stereocenters. The third-order valence-electron chi connectivity index (χ3n) is 2.49. The van der Waals surface area contributed by atoms with E-state index >= 15 is 0 Å². The van der Waals surface area contributed by atoms with Crippen LogP contribution in [0.2, 0.25) is 0 Å². The maximum atomic E-state index is 11.5. The van der Waals surface area contributed by atoms with Gasteiger partial charge in [-0.15, -0.1) is 0 Å². The Morgan fingerprint density at radius 3 is 0.950 bits per heavy atom. The third kappa shape index (κ3) is 11.8. The Morgan fingerprint density at radius 1 is 0.600 bits per heavy atom. The lowest BCUT2D eigenvalue weighted by atomic mass is 9.82. The van der Waals surface area contributed by atoms with Crippen LogP contribution in [0.5, 0.6) is 0 Å². The topological polar surface area (TPSA) is 68.3 Å². The number of ketones is 4. The van der Waals surface area contributed by atoms with Gasteiger partial charge < -0.3 is 0 Å². The van der Waals surface area contributed by atoms with Gasteiger partial charge in [0, 0.05) is 10.8 Å². The van der Waals surface area contributed by atoms with Gasteiger partial charge in [0.1, 0.15) is 23.1 Å². The lowest BCUT2D eigenvalue weighted by Crippen LogP contribution is -2.28. The standard InChI is InChI=1S/C11H20O2.C5H8O2/c1-10(2,3)8(12)7-9(13)11(4,5)6;1-4(6)3-5(2)7/h7H2,1-6H3;3H2,1-2H3. The summed E-state index contributed by atoms with van der Waals surface area (Å²) in [6, 6.07) is 0. The van der Waals surface area contributed by atoms with E-state index in [1.54, 1.807) is 0 Å². The van der Waals surface area contributed by atoms with E-state index in [0.29, 0.717) is 0 Å². The number of rotatable bonds is 4. The Kier molecular flexibility index (Phi) is 8.47. The van der Waals surface area contributed by atoms with Crippen LogP contribution in [-0.4, -0.2) is 23.1 Å². The van der Waals surface area contributed by atoms with Gasteiger partial charge in [0.15, 0.2) is 0 Å². The van der Waals surface area contributed by atoms with Crippen LogP contribution in [0, 0.1) is 10.8 Å². The molecule has 0 radical (unpaired) electrons. The first-order chi connectivity index (χ1) is 8.67. The summed E-state index contributed by atoms with van der Waals surface area (Å²) in [4.78, 5) is 43.1. The minimum absolute atomic E-state index is 0.0208. The van der Waals surface area contributed by atoms with Crippen molar-refractivity contribution in [2.75, 3.05) is 0 Å². The van der Waals surface area contributed by atoms with Gasteiger partial charge in [-0.1, -0.05) is 41.5 Å². The molecule has 20 heavy (non-hydrogen) atoms. The molecule has 4 heteroatoms. The zero-order valence-electron chi connectivity index (χ0n) is 14.0. The molecule has 0 aromatic carbocycles. The van der Waals surface area contributed by atoms with Crippen LogP contribution in [-0.2, 0) is 19.2 Å². The van der Waals surface area contributed by atoms with Crippen LogP contribution in [0.1, 0.15) is 68.2 Å². The van der Waals surface area contributed by atoms with Crippen LogP contribution < -0.4 is 0 Å². The van der Waals surface area contributed by atoms with Gasteiger partial charge in [-0.25, -0.2) is 0 Å². The largest absolute Gasteiger partial charge is 0.300 e. The van der Waals surface area contributed by atoms with E-state index < -0.39 is 10.8 Å².